The summed E-state index contributed by atoms with van der Waals surface area (Å²) >= 11 is 0. The average molecular weight is 341 g/mol. The van der Waals surface area contributed by atoms with E-state index in [1.54, 1.807) is 16.9 Å². The van der Waals surface area contributed by atoms with Gasteiger partial charge in [-0.1, -0.05) is 0 Å². The number of amides is 1. The lowest BCUT2D eigenvalue weighted by Crippen LogP contribution is -2.32. The van der Waals surface area contributed by atoms with Gasteiger partial charge < -0.3 is 10.6 Å². The molecule has 126 valence electrons. The normalized spacial score (nSPS) is 18.6. The Morgan fingerprint density at radius 3 is 2.91 bits per heavy atom. The minimum absolute atomic E-state index is 0. The van der Waals surface area contributed by atoms with Crippen molar-refractivity contribution in [3.05, 3.63) is 18.0 Å². The van der Waals surface area contributed by atoms with Gasteiger partial charge in [0.05, 0.1) is 6.04 Å². The van der Waals surface area contributed by atoms with Gasteiger partial charge in [0, 0.05) is 25.7 Å². The Morgan fingerprint density at radius 2 is 2.27 bits per heavy atom. The van der Waals surface area contributed by atoms with Crippen LogP contribution < -0.4 is 10.6 Å². The van der Waals surface area contributed by atoms with Crippen LogP contribution >= 0.6 is 12.4 Å². The molecule has 0 bridgehead atoms. The fraction of sp³-hybridized carbons (Fsp3) is 0.692. The summed E-state index contributed by atoms with van der Waals surface area (Å²) in [7, 11) is 0. The van der Waals surface area contributed by atoms with Crippen molar-refractivity contribution in [2.24, 2.45) is 0 Å². The molecular formula is C13H20ClF3N4O. The molecule has 9 heteroatoms. The molecule has 2 rings (SSSR count). The Kier molecular flexibility index (Phi) is 7.15. The molecule has 0 aliphatic carbocycles. The van der Waals surface area contributed by atoms with Gasteiger partial charge in [-0.15, -0.1) is 12.4 Å². The van der Waals surface area contributed by atoms with Crippen LogP contribution in [0.4, 0.5) is 13.2 Å². The lowest BCUT2D eigenvalue weighted by Gasteiger charge is -2.22. The van der Waals surface area contributed by atoms with Gasteiger partial charge in [-0.2, -0.15) is 18.3 Å². The number of carbonyl (C=O) groups is 1. The molecule has 22 heavy (non-hydrogen) atoms. The maximum atomic E-state index is 12.0. The zero-order chi connectivity index (χ0) is 15.3. The molecule has 1 aromatic rings. The van der Waals surface area contributed by atoms with Crippen molar-refractivity contribution in [3.63, 3.8) is 0 Å². The molecule has 0 aromatic carbocycles. The fourth-order valence-corrected chi connectivity index (χ4v) is 2.30. The quantitative estimate of drug-likeness (QED) is 0.809. The van der Waals surface area contributed by atoms with E-state index in [0.29, 0.717) is 0 Å². The lowest BCUT2D eigenvalue weighted by atomic mass is 10.1. The Morgan fingerprint density at radius 1 is 1.50 bits per heavy atom. The van der Waals surface area contributed by atoms with Gasteiger partial charge in [-0.25, -0.2) is 0 Å². The number of alkyl halides is 3. The number of hydrogen-bond donors (Lipinski definition) is 2. The summed E-state index contributed by atoms with van der Waals surface area (Å²) < 4.78 is 37.7. The molecule has 1 atom stereocenters. The zero-order valence-corrected chi connectivity index (χ0v) is 12.8. The summed E-state index contributed by atoms with van der Waals surface area (Å²) in [5.74, 6) is -0.431. The number of nitrogens with one attached hydrogen (secondary N) is 2. The third-order valence-electron chi connectivity index (χ3n) is 3.41. The third kappa shape index (κ3) is 5.84. The summed E-state index contributed by atoms with van der Waals surface area (Å²) in [6.45, 7) is 1.80. The molecular weight excluding hydrogens is 321 g/mol. The van der Waals surface area contributed by atoms with Gasteiger partial charge >= 0.3 is 6.18 Å². The Bertz CT molecular complexity index is 472. The van der Waals surface area contributed by atoms with E-state index >= 15 is 0 Å². The Hall–Kier alpha value is -1.28. The molecule has 2 heterocycles. The number of piperidine rings is 1. The van der Waals surface area contributed by atoms with Crippen LogP contribution in [0.3, 0.4) is 0 Å². The van der Waals surface area contributed by atoms with Crippen molar-refractivity contribution in [1.82, 2.24) is 20.4 Å². The van der Waals surface area contributed by atoms with E-state index in [1.807, 2.05) is 0 Å². The number of carbonyl (C=O) groups excluding carboxylic acids is 1. The van der Waals surface area contributed by atoms with Crippen LogP contribution in [0, 0.1) is 0 Å². The summed E-state index contributed by atoms with van der Waals surface area (Å²) in [6.07, 6.45) is -1.40. The first-order valence-corrected chi connectivity index (χ1v) is 7.06. The molecule has 1 aromatic heterocycles. The predicted molar refractivity (Wildman–Crippen MR) is 78.2 cm³/mol. The number of halogens is 4. The maximum absolute atomic E-state index is 12.0. The molecule has 1 fully saturated rings. The molecule has 5 nitrogen and oxygen atoms in total. The Labute approximate surface area is 133 Å². The highest BCUT2D eigenvalue weighted by atomic mass is 35.5. The average Bonchev–Trinajstić information content (AvgIpc) is 2.93. The number of rotatable bonds is 5. The maximum Gasteiger partial charge on any atom is 0.389 e. The monoisotopic (exact) mass is 340 g/mol. The van der Waals surface area contributed by atoms with E-state index in [-0.39, 0.29) is 37.1 Å². The van der Waals surface area contributed by atoms with Crippen molar-refractivity contribution in [1.29, 1.82) is 0 Å². The molecule has 1 amide bonds. The van der Waals surface area contributed by atoms with Crippen molar-refractivity contribution in [2.45, 2.75) is 37.9 Å². The van der Waals surface area contributed by atoms with E-state index in [4.69, 9.17) is 0 Å². The van der Waals surface area contributed by atoms with Crippen molar-refractivity contribution in [3.8, 4) is 0 Å². The fourth-order valence-electron chi connectivity index (χ4n) is 2.30. The van der Waals surface area contributed by atoms with E-state index in [0.717, 1.165) is 25.9 Å². The molecule has 1 aliphatic heterocycles. The minimum Gasteiger partial charge on any atom is -0.351 e. The first kappa shape index (κ1) is 18.8. The highest BCUT2D eigenvalue weighted by Gasteiger charge is 2.26. The summed E-state index contributed by atoms with van der Waals surface area (Å²) in [6, 6.07) is 1.82. The van der Waals surface area contributed by atoms with Crippen molar-refractivity contribution < 1.29 is 18.0 Å². The minimum atomic E-state index is -4.18. The van der Waals surface area contributed by atoms with Gasteiger partial charge in [-0.3, -0.25) is 9.48 Å². The summed E-state index contributed by atoms with van der Waals surface area (Å²) in [4.78, 5) is 11.8. The van der Waals surface area contributed by atoms with Crippen LogP contribution in [0.25, 0.3) is 0 Å². The molecule has 0 spiro atoms. The second-order valence-electron chi connectivity index (χ2n) is 5.16. The molecule has 0 radical (unpaired) electrons. The van der Waals surface area contributed by atoms with Crippen LogP contribution in [-0.4, -0.2) is 41.5 Å². The van der Waals surface area contributed by atoms with E-state index < -0.39 is 18.5 Å². The van der Waals surface area contributed by atoms with Crippen LogP contribution in [-0.2, 0) is 0 Å². The van der Waals surface area contributed by atoms with Crippen LogP contribution in [0.1, 0.15) is 42.2 Å². The highest BCUT2D eigenvalue weighted by Crippen LogP contribution is 2.20. The predicted octanol–water partition coefficient (Wildman–Crippen LogP) is 2.30. The zero-order valence-electron chi connectivity index (χ0n) is 12.0. The van der Waals surface area contributed by atoms with Gasteiger partial charge in [0.15, 0.2) is 0 Å². The number of hydrogen-bond acceptors (Lipinski definition) is 3. The molecule has 0 saturated carbocycles. The van der Waals surface area contributed by atoms with Crippen molar-refractivity contribution in [2.75, 3.05) is 19.6 Å². The van der Waals surface area contributed by atoms with Crippen molar-refractivity contribution >= 4 is 18.3 Å². The standard InChI is InChI=1S/C13H19F3N4O.ClH/c14-13(15,16)5-2-7-18-12(21)11-4-8-20(19-11)10-3-1-6-17-9-10;/h4,8,10,17H,1-3,5-7,9H2,(H,18,21);1H. The largest absolute Gasteiger partial charge is 0.389 e. The molecule has 1 saturated heterocycles. The van der Waals surface area contributed by atoms with Gasteiger partial charge in [0.1, 0.15) is 5.69 Å². The van der Waals surface area contributed by atoms with Crippen LogP contribution in [0.15, 0.2) is 12.3 Å². The van der Waals surface area contributed by atoms with Gasteiger partial charge in [0.25, 0.3) is 5.91 Å². The smallest absolute Gasteiger partial charge is 0.351 e. The van der Waals surface area contributed by atoms with Gasteiger partial charge in [-0.05, 0) is 31.9 Å². The molecule has 1 aliphatic rings. The second-order valence-corrected chi connectivity index (χ2v) is 5.16. The lowest BCUT2D eigenvalue weighted by molar-refractivity contribution is -0.135. The highest BCUT2D eigenvalue weighted by molar-refractivity contribution is 5.92. The summed E-state index contributed by atoms with van der Waals surface area (Å²) in [5.41, 5.74) is 0.243. The Balaban J connectivity index is 0.00000242. The first-order chi connectivity index (χ1) is 9.96. The van der Waals surface area contributed by atoms with E-state index in [9.17, 15) is 18.0 Å². The second kappa shape index (κ2) is 8.38. The third-order valence-corrected chi connectivity index (χ3v) is 3.41. The van der Waals surface area contributed by atoms with Crippen LogP contribution in [0.2, 0.25) is 0 Å². The number of aromatic nitrogens is 2. The SMILES string of the molecule is Cl.O=C(NCCCC(F)(F)F)c1ccn(C2CCCNC2)n1. The van der Waals surface area contributed by atoms with E-state index in [2.05, 4.69) is 15.7 Å². The van der Waals surface area contributed by atoms with Crippen LogP contribution in [0.5, 0.6) is 0 Å². The molecule has 1 unspecified atom stereocenters. The molecule has 2 N–H and O–H groups in total. The van der Waals surface area contributed by atoms with E-state index in [1.165, 1.54) is 0 Å². The summed E-state index contributed by atoms with van der Waals surface area (Å²) in [5, 5.41) is 9.92. The number of nitrogens with zero attached hydrogens (tertiary/aromatic N) is 2. The first-order valence-electron chi connectivity index (χ1n) is 7.06. The topological polar surface area (TPSA) is 59.0 Å². The van der Waals surface area contributed by atoms with Gasteiger partial charge in [0.2, 0.25) is 0 Å².